The summed E-state index contributed by atoms with van der Waals surface area (Å²) in [6.45, 7) is 5.67. The molecule has 0 amide bonds. The lowest BCUT2D eigenvalue weighted by Gasteiger charge is -2.41. The summed E-state index contributed by atoms with van der Waals surface area (Å²) in [7, 11) is 1.94. The molecule has 1 saturated heterocycles. The smallest absolute Gasteiger partial charge is 0.0625 e. The molecule has 0 spiro atoms. The summed E-state index contributed by atoms with van der Waals surface area (Å²) < 4.78 is 0. The van der Waals surface area contributed by atoms with Crippen LogP contribution in [0.3, 0.4) is 0 Å². The van der Waals surface area contributed by atoms with Gasteiger partial charge in [0.2, 0.25) is 0 Å². The maximum Gasteiger partial charge on any atom is 0.0625 e. The van der Waals surface area contributed by atoms with Crippen molar-refractivity contribution in [2.75, 3.05) is 33.3 Å². The predicted molar refractivity (Wildman–Crippen MR) is 50.2 cm³/mol. The predicted octanol–water partition coefficient (Wildman–Crippen LogP) is 0.0526. The number of nitrogens with one attached hydrogen (secondary N) is 1. The molecule has 1 aliphatic heterocycles. The van der Waals surface area contributed by atoms with E-state index in [1.54, 1.807) is 0 Å². The number of aliphatic hydroxyl groups is 1. The molecule has 0 saturated carbocycles. The highest BCUT2D eigenvalue weighted by atomic mass is 16.3. The van der Waals surface area contributed by atoms with Crippen LogP contribution in [0, 0.1) is 0 Å². The zero-order chi connectivity index (χ0) is 9.03. The summed E-state index contributed by atoms with van der Waals surface area (Å²) in [5, 5.41) is 12.5. The molecule has 3 nitrogen and oxygen atoms in total. The van der Waals surface area contributed by atoms with Crippen molar-refractivity contribution >= 4 is 0 Å². The van der Waals surface area contributed by atoms with Crippen LogP contribution in [0.5, 0.6) is 0 Å². The Hall–Kier alpha value is -0.120. The number of hydrogen-bond acceptors (Lipinski definition) is 3. The van der Waals surface area contributed by atoms with E-state index in [0.29, 0.717) is 0 Å². The van der Waals surface area contributed by atoms with Crippen molar-refractivity contribution in [2.45, 2.75) is 25.3 Å². The highest BCUT2D eigenvalue weighted by molar-refractivity contribution is 4.92. The van der Waals surface area contributed by atoms with Crippen LogP contribution in [-0.4, -0.2) is 48.8 Å². The van der Waals surface area contributed by atoms with Crippen molar-refractivity contribution in [1.82, 2.24) is 10.2 Å². The quantitative estimate of drug-likeness (QED) is 0.631. The van der Waals surface area contributed by atoms with Crippen LogP contribution in [0.25, 0.3) is 0 Å². The molecule has 1 atom stereocenters. The Morgan fingerprint density at radius 1 is 1.58 bits per heavy atom. The number of piperidine rings is 1. The molecule has 0 radical (unpaired) electrons. The topological polar surface area (TPSA) is 35.5 Å². The van der Waals surface area contributed by atoms with E-state index in [9.17, 15) is 5.11 Å². The van der Waals surface area contributed by atoms with Gasteiger partial charge in [0, 0.05) is 6.54 Å². The van der Waals surface area contributed by atoms with E-state index in [-0.39, 0.29) is 12.1 Å². The van der Waals surface area contributed by atoms with E-state index >= 15 is 0 Å². The first-order valence-corrected chi connectivity index (χ1v) is 4.78. The number of aliphatic hydroxyl groups excluding tert-OH is 1. The van der Waals surface area contributed by atoms with Crippen molar-refractivity contribution < 1.29 is 5.11 Å². The molecule has 0 aromatic carbocycles. The Kier molecular flexibility index (Phi) is 3.50. The van der Waals surface area contributed by atoms with Gasteiger partial charge in [-0.25, -0.2) is 0 Å². The minimum atomic E-state index is -0.0335. The van der Waals surface area contributed by atoms with Crippen molar-refractivity contribution in [2.24, 2.45) is 0 Å². The fraction of sp³-hybridized carbons (Fsp3) is 1.00. The molecule has 72 valence electrons. The van der Waals surface area contributed by atoms with E-state index in [0.717, 1.165) is 19.5 Å². The Morgan fingerprint density at radius 3 is 2.83 bits per heavy atom. The zero-order valence-corrected chi connectivity index (χ0v) is 8.14. The fourth-order valence-corrected chi connectivity index (χ4v) is 1.91. The fourth-order valence-electron chi connectivity index (χ4n) is 1.91. The molecule has 0 bridgehead atoms. The van der Waals surface area contributed by atoms with Crippen LogP contribution in [0.2, 0.25) is 0 Å². The van der Waals surface area contributed by atoms with Gasteiger partial charge in [0.1, 0.15) is 0 Å². The van der Waals surface area contributed by atoms with Gasteiger partial charge in [0.25, 0.3) is 0 Å². The minimum Gasteiger partial charge on any atom is -0.394 e. The maximum absolute atomic E-state index is 9.27. The number of hydrogen-bond donors (Lipinski definition) is 2. The third-order valence-electron chi connectivity index (χ3n) is 2.94. The zero-order valence-electron chi connectivity index (χ0n) is 8.14. The highest BCUT2D eigenvalue weighted by Crippen LogP contribution is 2.19. The first kappa shape index (κ1) is 9.96. The minimum absolute atomic E-state index is 0.0335. The highest BCUT2D eigenvalue weighted by Gasteiger charge is 2.32. The number of rotatable bonds is 3. The van der Waals surface area contributed by atoms with Crippen molar-refractivity contribution in [3.63, 3.8) is 0 Å². The lowest BCUT2D eigenvalue weighted by Crippen LogP contribution is -2.58. The van der Waals surface area contributed by atoms with Gasteiger partial charge in [-0.15, -0.1) is 0 Å². The monoisotopic (exact) mass is 172 g/mol. The average Bonchev–Trinajstić information content (AvgIpc) is 2.18. The average molecular weight is 172 g/mol. The molecule has 1 heterocycles. The van der Waals surface area contributed by atoms with Crippen LogP contribution in [0.4, 0.5) is 0 Å². The molecule has 0 aromatic rings. The molecular weight excluding hydrogens is 152 g/mol. The van der Waals surface area contributed by atoms with Gasteiger partial charge in [0.15, 0.2) is 0 Å². The van der Waals surface area contributed by atoms with Crippen LogP contribution in [-0.2, 0) is 0 Å². The summed E-state index contributed by atoms with van der Waals surface area (Å²) in [5.74, 6) is 0. The molecular formula is C9H20N2O. The second kappa shape index (κ2) is 4.21. The van der Waals surface area contributed by atoms with Gasteiger partial charge in [-0.05, 0) is 33.0 Å². The van der Waals surface area contributed by atoms with Crippen LogP contribution >= 0.6 is 0 Å². The largest absolute Gasteiger partial charge is 0.394 e. The third-order valence-corrected chi connectivity index (χ3v) is 2.94. The molecule has 1 rings (SSSR count). The lowest BCUT2D eigenvalue weighted by molar-refractivity contribution is 0.0758. The second-order valence-corrected chi connectivity index (χ2v) is 3.66. The molecule has 1 aliphatic rings. The van der Waals surface area contributed by atoms with Crippen molar-refractivity contribution in [1.29, 1.82) is 0 Å². The molecule has 0 aliphatic carbocycles. The molecule has 0 aromatic heterocycles. The number of likely N-dealkylation sites (tertiary alicyclic amines) is 1. The maximum atomic E-state index is 9.27. The van der Waals surface area contributed by atoms with Crippen LogP contribution < -0.4 is 5.32 Å². The van der Waals surface area contributed by atoms with Crippen LogP contribution in [0.15, 0.2) is 0 Å². The first-order chi connectivity index (χ1) is 5.76. The standard InChI is InChI=1S/C9H20N2O/c1-3-11-6-4-5-9(7-11,8-12)10-2/h10,12H,3-8H2,1-2H3. The Bertz CT molecular complexity index is 134. The summed E-state index contributed by atoms with van der Waals surface area (Å²) in [5.41, 5.74) is -0.0335. The summed E-state index contributed by atoms with van der Waals surface area (Å²) >= 11 is 0. The number of nitrogens with zero attached hydrogens (tertiary/aromatic N) is 1. The van der Waals surface area contributed by atoms with Crippen LogP contribution in [0.1, 0.15) is 19.8 Å². The van der Waals surface area contributed by atoms with E-state index < -0.39 is 0 Å². The van der Waals surface area contributed by atoms with Gasteiger partial charge < -0.3 is 15.3 Å². The summed E-state index contributed by atoms with van der Waals surface area (Å²) in [6, 6.07) is 0. The van der Waals surface area contributed by atoms with E-state index in [4.69, 9.17) is 0 Å². The van der Waals surface area contributed by atoms with Gasteiger partial charge in [-0.1, -0.05) is 6.92 Å². The first-order valence-electron chi connectivity index (χ1n) is 4.78. The molecule has 1 unspecified atom stereocenters. The van der Waals surface area contributed by atoms with Crippen molar-refractivity contribution in [3.8, 4) is 0 Å². The van der Waals surface area contributed by atoms with Gasteiger partial charge in [0.05, 0.1) is 12.1 Å². The van der Waals surface area contributed by atoms with E-state index in [2.05, 4.69) is 17.1 Å². The van der Waals surface area contributed by atoms with Gasteiger partial charge >= 0.3 is 0 Å². The van der Waals surface area contributed by atoms with Gasteiger partial charge in [-0.2, -0.15) is 0 Å². The third kappa shape index (κ3) is 1.97. The molecule has 12 heavy (non-hydrogen) atoms. The number of likely N-dealkylation sites (N-methyl/N-ethyl adjacent to an activating group) is 2. The second-order valence-electron chi connectivity index (χ2n) is 3.66. The molecule has 3 heteroatoms. The van der Waals surface area contributed by atoms with Gasteiger partial charge in [-0.3, -0.25) is 0 Å². The summed E-state index contributed by atoms with van der Waals surface area (Å²) in [4.78, 5) is 2.39. The Balaban J connectivity index is 2.52. The SMILES string of the molecule is CCN1CCCC(CO)(NC)C1. The molecule has 1 fully saturated rings. The summed E-state index contributed by atoms with van der Waals surface area (Å²) in [6.07, 6.45) is 2.28. The Morgan fingerprint density at radius 2 is 2.33 bits per heavy atom. The lowest BCUT2D eigenvalue weighted by atomic mass is 9.90. The molecule has 2 N–H and O–H groups in total. The Labute approximate surface area is 74.8 Å². The van der Waals surface area contributed by atoms with E-state index in [1.165, 1.54) is 13.0 Å². The normalized spacial score (nSPS) is 32.2. The van der Waals surface area contributed by atoms with E-state index in [1.807, 2.05) is 7.05 Å². The van der Waals surface area contributed by atoms with Crippen molar-refractivity contribution in [3.05, 3.63) is 0 Å².